The van der Waals surface area contributed by atoms with Gasteiger partial charge < -0.3 is 15.3 Å². The van der Waals surface area contributed by atoms with Crippen LogP contribution in [-0.4, -0.2) is 34.1 Å². The van der Waals surface area contributed by atoms with E-state index in [-0.39, 0.29) is 6.61 Å². The summed E-state index contributed by atoms with van der Waals surface area (Å²) >= 11 is 0. The van der Waals surface area contributed by atoms with Crippen LogP contribution in [0.15, 0.2) is 0 Å². The number of unbranched alkanes of at least 4 members (excludes halogenated alkanes) is 8. The monoisotopic (exact) mass is 302 g/mol. The van der Waals surface area contributed by atoms with Gasteiger partial charge >= 0.3 is 0 Å². The maximum Gasteiger partial charge on any atom is 0.0795 e. The Labute approximate surface area is 131 Å². The molecule has 0 saturated heterocycles. The second kappa shape index (κ2) is 14.8. The number of aliphatic hydroxyl groups excluding tert-OH is 3. The summed E-state index contributed by atoms with van der Waals surface area (Å²) in [7, 11) is 0. The molecule has 2 atom stereocenters. The summed E-state index contributed by atoms with van der Waals surface area (Å²) in [5.74, 6) is 0.846. The SMILES string of the molecule is CC(C)CCCCCCCCCCC[C@H](O)C[C@H](O)CO. The predicted octanol–water partition coefficient (Wildman–Crippen LogP) is 4.04. The van der Waals surface area contributed by atoms with Gasteiger partial charge in [0.2, 0.25) is 0 Å². The number of hydrogen-bond acceptors (Lipinski definition) is 3. The van der Waals surface area contributed by atoms with Gasteiger partial charge in [0.15, 0.2) is 0 Å². The van der Waals surface area contributed by atoms with Crippen LogP contribution in [0, 0.1) is 5.92 Å². The van der Waals surface area contributed by atoms with Crippen molar-refractivity contribution in [3.63, 3.8) is 0 Å². The molecule has 0 aromatic rings. The molecule has 0 heterocycles. The molecule has 3 N–H and O–H groups in total. The van der Waals surface area contributed by atoms with E-state index in [1.165, 1.54) is 57.8 Å². The summed E-state index contributed by atoms with van der Waals surface area (Å²) in [5, 5.41) is 27.5. The molecule has 0 aliphatic rings. The summed E-state index contributed by atoms with van der Waals surface area (Å²) in [5.41, 5.74) is 0. The fourth-order valence-corrected chi connectivity index (χ4v) is 2.68. The number of hydrogen-bond donors (Lipinski definition) is 3. The van der Waals surface area contributed by atoms with Gasteiger partial charge in [-0.2, -0.15) is 0 Å². The summed E-state index contributed by atoms with van der Waals surface area (Å²) in [6.07, 6.45) is 12.8. The molecule has 0 aliphatic carbocycles. The van der Waals surface area contributed by atoms with Gasteiger partial charge in [0.1, 0.15) is 0 Å². The molecule has 3 heteroatoms. The molecule has 0 rings (SSSR count). The van der Waals surface area contributed by atoms with Crippen molar-refractivity contribution < 1.29 is 15.3 Å². The first-order valence-electron chi connectivity index (χ1n) is 9.03. The average Bonchev–Trinajstić information content (AvgIpc) is 2.44. The highest BCUT2D eigenvalue weighted by molar-refractivity contribution is 4.62. The van der Waals surface area contributed by atoms with Crippen LogP contribution in [0.4, 0.5) is 0 Å². The van der Waals surface area contributed by atoms with E-state index in [1.54, 1.807) is 0 Å². The van der Waals surface area contributed by atoms with E-state index in [1.807, 2.05) is 0 Å². The van der Waals surface area contributed by atoms with Gasteiger partial charge in [-0.25, -0.2) is 0 Å². The van der Waals surface area contributed by atoms with Gasteiger partial charge in [0.25, 0.3) is 0 Å². The fourth-order valence-electron chi connectivity index (χ4n) is 2.68. The Hall–Kier alpha value is -0.120. The van der Waals surface area contributed by atoms with Crippen molar-refractivity contribution in [1.82, 2.24) is 0 Å². The zero-order chi connectivity index (χ0) is 15.9. The first-order valence-corrected chi connectivity index (χ1v) is 9.03. The normalized spacial score (nSPS) is 14.6. The van der Waals surface area contributed by atoms with Crippen LogP contribution in [0.5, 0.6) is 0 Å². The van der Waals surface area contributed by atoms with Crippen molar-refractivity contribution in [2.75, 3.05) is 6.61 Å². The third-order valence-electron chi connectivity index (χ3n) is 4.07. The molecule has 0 bridgehead atoms. The molecule has 3 nitrogen and oxygen atoms in total. The minimum absolute atomic E-state index is 0.256. The lowest BCUT2D eigenvalue weighted by Crippen LogP contribution is -2.20. The largest absolute Gasteiger partial charge is 0.394 e. The highest BCUT2D eigenvalue weighted by Crippen LogP contribution is 2.14. The van der Waals surface area contributed by atoms with Crippen molar-refractivity contribution in [2.24, 2.45) is 5.92 Å². The zero-order valence-electron chi connectivity index (χ0n) is 14.3. The fraction of sp³-hybridized carbons (Fsp3) is 1.00. The minimum atomic E-state index is -0.768. The van der Waals surface area contributed by atoms with Crippen molar-refractivity contribution in [1.29, 1.82) is 0 Å². The van der Waals surface area contributed by atoms with Gasteiger partial charge in [-0.05, 0) is 12.3 Å². The van der Waals surface area contributed by atoms with Crippen LogP contribution in [0.3, 0.4) is 0 Å². The van der Waals surface area contributed by atoms with E-state index < -0.39 is 12.2 Å². The predicted molar refractivity (Wildman–Crippen MR) is 89.3 cm³/mol. The molecular weight excluding hydrogens is 264 g/mol. The highest BCUT2D eigenvalue weighted by atomic mass is 16.3. The summed E-state index contributed by atoms with van der Waals surface area (Å²) < 4.78 is 0. The van der Waals surface area contributed by atoms with Crippen molar-refractivity contribution in [2.45, 2.75) is 103 Å². The van der Waals surface area contributed by atoms with Gasteiger partial charge in [0.05, 0.1) is 18.8 Å². The molecular formula is C18H38O3. The molecule has 0 spiro atoms. The van der Waals surface area contributed by atoms with E-state index in [2.05, 4.69) is 13.8 Å². The third kappa shape index (κ3) is 16.1. The lowest BCUT2D eigenvalue weighted by molar-refractivity contribution is 0.0380. The van der Waals surface area contributed by atoms with Crippen molar-refractivity contribution in [3.8, 4) is 0 Å². The second-order valence-electron chi connectivity index (χ2n) is 6.88. The van der Waals surface area contributed by atoms with Crippen LogP contribution in [0.1, 0.15) is 90.9 Å². The maximum atomic E-state index is 9.64. The van der Waals surface area contributed by atoms with Crippen molar-refractivity contribution >= 4 is 0 Å². The molecule has 21 heavy (non-hydrogen) atoms. The average molecular weight is 302 g/mol. The van der Waals surface area contributed by atoms with Gasteiger partial charge in [-0.3, -0.25) is 0 Å². The summed E-state index contributed by atoms with van der Waals surface area (Å²) in [6, 6.07) is 0. The third-order valence-corrected chi connectivity index (χ3v) is 4.07. The first kappa shape index (κ1) is 20.9. The lowest BCUT2D eigenvalue weighted by atomic mass is 10.0. The molecule has 0 unspecified atom stereocenters. The quantitative estimate of drug-likeness (QED) is 0.400. The molecule has 128 valence electrons. The Balaban J connectivity index is 3.15. The summed E-state index contributed by atoms with van der Waals surface area (Å²) in [4.78, 5) is 0. The van der Waals surface area contributed by atoms with E-state index in [9.17, 15) is 10.2 Å². The standard InChI is InChI=1S/C18H38O3/c1-16(2)12-10-8-6-4-3-5-7-9-11-13-17(20)14-18(21)15-19/h16-21H,3-15H2,1-2H3/t17-,18-/m0/s1. The molecule has 0 fully saturated rings. The molecule has 0 amide bonds. The smallest absolute Gasteiger partial charge is 0.0795 e. The zero-order valence-corrected chi connectivity index (χ0v) is 14.3. The van der Waals surface area contributed by atoms with Crippen LogP contribution >= 0.6 is 0 Å². The minimum Gasteiger partial charge on any atom is -0.394 e. The second-order valence-corrected chi connectivity index (χ2v) is 6.88. The molecule has 0 saturated carbocycles. The topological polar surface area (TPSA) is 60.7 Å². The Kier molecular flexibility index (Phi) is 14.7. The van der Waals surface area contributed by atoms with E-state index in [0.29, 0.717) is 6.42 Å². The summed E-state index contributed by atoms with van der Waals surface area (Å²) in [6.45, 7) is 4.33. The van der Waals surface area contributed by atoms with E-state index in [4.69, 9.17) is 5.11 Å². The lowest BCUT2D eigenvalue weighted by Gasteiger charge is -2.13. The van der Waals surface area contributed by atoms with Crippen LogP contribution < -0.4 is 0 Å². The highest BCUT2D eigenvalue weighted by Gasteiger charge is 2.10. The Bertz CT molecular complexity index is 207. The number of rotatable bonds is 15. The molecule has 0 aliphatic heterocycles. The molecule has 0 aromatic carbocycles. The Morgan fingerprint density at radius 2 is 1.05 bits per heavy atom. The molecule has 0 radical (unpaired) electrons. The van der Waals surface area contributed by atoms with Crippen LogP contribution in [-0.2, 0) is 0 Å². The Morgan fingerprint density at radius 3 is 1.48 bits per heavy atom. The first-order chi connectivity index (χ1) is 10.1. The maximum absolute atomic E-state index is 9.64. The van der Waals surface area contributed by atoms with E-state index >= 15 is 0 Å². The van der Waals surface area contributed by atoms with E-state index in [0.717, 1.165) is 18.8 Å². The van der Waals surface area contributed by atoms with Crippen molar-refractivity contribution in [3.05, 3.63) is 0 Å². The number of aliphatic hydroxyl groups is 3. The van der Waals surface area contributed by atoms with Gasteiger partial charge in [0, 0.05) is 6.42 Å². The molecule has 0 aromatic heterocycles. The van der Waals surface area contributed by atoms with Gasteiger partial charge in [-0.15, -0.1) is 0 Å². The Morgan fingerprint density at radius 1 is 0.619 bits per heavy atom. The van der Waals surface area contributed by atoms with Gasteiger partial charge in [-0.1, -0.05) is 78.1 Å². The van der Waals surface area contributed by atoms with Crippen LogP contribution in [0.25, 0.3) is 0 Å². The van der Waals surface area contributed by atoms with Crippen LogP contribution in [0.2, 0.25) is 0 Å².